The van der Waals surface area contributed by atoms with Crippen LogP contribution < -0.4 is 0 Å². The highest BCUT2D eigenvalue weighted by molar-refractivity contribution is 6.14. The highest BCUT2D eigenvalue weighted by Crippen LogP contribution is 2.46. The maximum Gasteiger partial charge on any atom is 0.165 e. The molecule has 6 nitrogen and oxygen atoms in total. The number of hydrogen-bond donors (Lipinski definition) is 0. The van der Waals surface area contributed by atoms with Crippen molar-refractivity contribution >= 4 is 65.4 Å². The third kappa shape index (κ3) is 5.41. The zero-order valence-corrected chi connectivity index (χ0v) is 34.2. The zero-order valence-electron chi connectivity index (χ0n) is 34.2. The first kappa shape index (κ1) is 35.4. The number of rotatable bonds is 6. The lowest BCUT2D eigenvalue weighted by Crippen LogP contribution is -2.13. The summed E-state index contributed by atoms with van der Waals surface area (Å²) in [5.74, 6) is 2.02. The Morgan fingerprint density at radius 3 is 1.27 bits per heavy atom. The van der Waals surface area contributed by atoms with Gasteiger partial charge in [-0.05, 0) is 55.0 Å². The molecular formula is C57H38N6. The molecular weight excluding hydrogens is 769 g/mol. The van der Waals surface area contributed by atoms with Crippen molar-refractivity contribution in [2.45, 2.75) is 12.3 Å². The van der Waals surface area contributed by atoms with Crippen LogP contribution in [0.2, 0.25) is 0 Å². The van der Waals surface area contributed by atoms with Crippen molar-refractivity contribution in [3.05, 3.63) is 218 Å². The molecule has 1 atom stereocenters. The molecule has 63 heavy (non-hydrogen) atoms. The van der Waals surface area contributed by atoms with Crippen molar-refractivity contribution in [2.24, 2.45) is 0 Å². The second kappa shape index (κ2) is 14.1. The molecule has 0 fully saturated rings. The molecule has 13 rings (SSSR count). The standard InChI is InChI=1S/C57H38N6/c1-3-19-37(20-4-1)55-58-56(38-21-5-2-6-22-38)60-57(59-55)45-35-36-52(61-46-29-13-7-23-39(46)40-24-8-14-30-47(40)61)54(63-50-33-17-11-27-43(50)44-28-12-18-34-51(44)63)53(45)62-48-31-15-9-25-41(48)42-26-10-16-32-49(42)62/h1-21,23-36,38H,22H2. The van der Waals surface area contributed by atoms with Gasteiger partial charge in [0, 0.05) is 49.4 Å². The van der Waals surface area contributed by atoms with Gasteiger partial charge in [-0.15, -0.1) is 0 Å². The molecule has 1 aliphatic carbocycles. The van der Waals surface area contributed by atoms with Crippen molar-refractivity contribution < 1.29 is 0 Å². The lowest BCUT2D eigenvalue weighted by atomic mass is 9.99. The Kier molecular flexibility index (Phi) is 7.93. The van der Waals surface area contributed by atoms with Crippen molar-refractivity contribution in [1.29, 1.82) is 0 Å². The Balaban J connectivity index is 1.27. The van der Waals surface area contributed by atoms with Crippen LogP contribution in [-0.4, -0.2) is 28.7 Å². The van der Waals surface area contributed by atoms with Crippen LogP contribution in [0.15, 0.2) is 212 Å². The van der Waals surface area contributed by atoms with E-state index in [9.17, 15) is 0 Å². The topological polar surface area (TPSA) is 53.5 Å². The minimum absolute atomic E-state index is 0.00424. The second-order valence-corrected chi connectivity index (χ2v) is 16.3. The van der Waals surface area contributed by atoms with E-state index in [1.807, 2.05) is 18.2 Å². The molecule has 0 saturated carbocycles. The summed E-state index contributed by atoms with van der Waals surface area (Å²) in [5, 5.41) is 7.13. The van der Waals surface area contributed by atoms with Crippen LogP contribution in [0.5, 0.6) is 0 Å². The summed E-state index contributed by atoms with van der Waals surface area (Å²) < 4.78 is 7.41. The van der Waals surface area contributed by atoms with E-state index in [4.69, 9.17) is 15.0 Å². The molecule has 0 radical (unpaired) electrons. The summed E-state index contributed by atoms with van der Waals surface area (Å²) in [5.41, 5.74) is 11.6. The quantitative estimate of drug-likeness (QED) is 0.168. The number of allylic oxidation sites excluding steroid dienone is 4. The number of aromatic nitrogens is 6. The van der Waals surface area contributed by atoms with Crippen LogP contribution in [0.3, 0.4) is 0 Å². The van der Waals surface area contributed by atoms with Gasteiger partial charge in [0.15, 0.2) is 11.6 Å². The van der Waals surface area contributed by atoms with Crippen LogP contribution >= 0.6 is 0 Å². The van der Waals surface area contributed by atoms with E-state index in [0.717, 1.165) is 73.5 Å². The van der Waals surface area contributed by atoms with Gasteiger partial charge in [-0.3, -0.25) is 0 Å². The molecule has 1 unspecified atom stereocenters. The Bertz CT molecular complexity index is 3680. The molecule has 12 aromatic rings. The summed E-state index contributed by atoms with van der Waals surface area (Å²) in [7, 11) is 0. The first-order chi connectivity index (χ1) is 31.3. The summed E-state index contributed by atoms with van der Waals surface area (Å²) in [6.07, 6.45) is 9.41. The minimum atomic E-state index is 0.00424. The van der Waals surface area contributed by atoms with Gasteiger partial charge >= 0.3 is 0 Å². The SMILES string of the molecule is C1=CCC(c2nc(-c3ccccc3)nc(-c3ccc(-n4c5ccccc5c5ccccc54)c(-n4c5ccccc5c5ccccc54)c3-n3c4ccccc4c4ccccc43)n2)C=C1. The molecule has 0 aliphatic heterocycles. The highest BCUT2D eigenvalue weighted by atomic mass is 15.1. The summed E-state index contributed by atoms with van der Waals surface area (Å²) >= 11 is 0. The van der Waals surface area contributed by atoms with Gasteiger partial charge in [-0.1, -0.05) is 164 Å². The third-order valence-electron chi connectivity index (χ3n) is 12.8. The van der Waals surface area contributed by atoms with Gasteiger partial charge < -0.3 is 13.7 Å². The van der Waals surface area contributed by atoms with Crippen molar-refractivity contribution in [1.82, 2.24) is 28.7 Å². The van der Waals surface area contributed by atoms with E-state index in [1.54, 1.807) is 0 Å². The molecule has 296 valence electrons. The van der Waals surface area contributed by atoms with Gasteiger partial charge in [-0.2, -0.15) is 0 Å². The fraction of sp³-hybridized carbons (Fsp3) is 0.0351. The first-order valence-electron chi connectivity index (χ1n) is 21.6. The van der Waals surface area contributed by atoms with Crippen LogP contribution in [0.25, 0.3) is 105 Å². The molecule has 0 bridgehead atoms. The normalized spacial score (nSPS) is 14.0. The fourth-order valence-corrected chi connectivity index (χ4v) is 10.1. The monoisotopic (exact) mass is 806 g/mol. The number of hydrogen-bond acceptors (Lipinski definition) is 3. The molecule has 0 spiro atoms. The number of fused-ring (bicyclic) bond motifs is 9. The molecule has 8 aromatic carbocycles. The molecule has 4 heterocycles. The molecule has 0 N–H and O–H groups in total. The van der Waals surface area contributed by atoms with Gasteiger partial charge in [0.05, 0.1) is 50.2 Å². The molecule has 0 amide bonds. The van der Waals surface area contributed by atoms with Crippen molar-refractivity contribution in [3.63, 3.8) is 0 Å². The predicted octanol–water partition coefficient (Wildman–Crippen LogP) is 14.1. The van der Waals surface area contributed by atoms with Crippen molar-refractivity contribution in [2.75, 3.05) is 0 Å². The van der Waals surface area contributed by atoms with E-state index in [-0.39, 0.29) is 5.92 Å². The fourth-order valence-electron chi connectivity index (χ4n) is 10.1. The predicted molar refractivity (Wildman–Crippen MR) is 259 cm³/mol. The Morgan fingerprint density at radius 2 is 0.794 bits per heavy atom. The summed E-state index contributed by atoms with van der Waals surface area (Å²) in [4.78, 5) is 16.1. The lowest BCUT2D eigenvalue weighted by Gasteiger charge is -2.25. The van der Waals surface area contributed by atoms with E-state index >= 15 is 0 Å². The van der Waals surface area contributed by atoms with Crippen LogP contribution in [-0.2, 0) is 0 Å². The van der Waals surface area contributed by atoms with Gasteiger partial charge in [0.1, 0.15) is 5.82 Å². The Hall–Kier alpha value is -8.35. The maximum atomic E-state index is 5.49. The molecule has 6 heteroatoms. The second-order valence-electron chi connectivity index (χ2n) is 16.3. The van der Waals surface area contributed by atoms with Gasteiger partial charge in [0.2, 0.25) is 0 Å². The average molecular weight is 807 g/mol. The van der Waals surface area contributed by atoms with Crippen LogP contribution in [0.4, 0.5) is 0 Å². The minimum Gasteiger partial charge on any atom is -0.307 e. The smallest absolute Gasteiger partial charge is 0.165 e. The van der Waals surface area contributed by atoms with E-state index in [0.29, 0.717) is 11.6 Å². The van der Waals surface area contributed by atoms with Gasteiger partial charge in [-0.25, -0.2) is 15.0 Å². The zero-order chi connectivity index (χ0) is 41.4. The van der Waals surface area contributed by atoms with Crippen LogP contribution in [0, 0.1) is 0 Å². The van der Waals surface area contributed by atoms with E-state index in [2.05, 4.69) is 208 Å². The summed E-state index contributed by atoms with van der Waals surface area (Å²) in [6.45, 7) is 0. The largest absolute Gasteiger partial charge is 0.307 e. The molecule has 0 saturated heterocycles. The van der Waals surface area contributed by atoms with Crippen LogP contribution in [0.1, 0.15) is 18.2 Å². The lowest BCUT2D eigenvalue weighted by molar-refractivity contribution is 0.764. The first-order valence-corrected chi connectivity index (χ1v) is 21.6. The highest BCUT2D eigenvalue weighted by Gasteiger charge is 2.29. The third-order valence-corrected chi connectivity index (χ3v) is 12.8. The van der Waals surface area contributed by atoms with E-state index < -0.39 is 0 Å². The molecule has 1 aliphatic rings. The van der Waals surface area contributed by atoms with Crippen molar-refractivity contribution in [3.8, 4) is 39.8 Å². The number of benzene rings is 8. The summed E-state index contributed by atoms with van der Waals surface area (Å²) in [6, 6.07) is 67.5. The Labute approximate surface area is 363 Å². The maximum absolute atomic E-state index is 5.49. The Morgan fingerprint density at radius 1 is 0.365 bits per heavy atom. The van der Waals surface area contributed by atoms with E-state index in [1.165, 1.54) is 32.3 Å². The number of para-hydroxylation sites is 6. The van der Waals surface area contributed by atoms with Gasteiger partial charge in [0.25, 0.3) is 0 Å². The average Bonchev–Trinajstić information content (AvgIpc) is 4.00. The molecule has 4 aromatic heterocycles. The number of nitrogens with zero attached hydrogens (tertiary/aromatic N) is 6.